The summed E-state index contributed by atoms with van der Waals surface area (Å²) < 4.78 is 5.40. The van der Waals surface area contributed by atoms with Crippen LogP contribution < -0.4 is 16.0 Å². The molecule has 1 saturated heterocycles. The van der Waals surface area contributed by atoms with Crippen molar-refractivity contribution in [1.29, 1.82) is 0 Å². The molecule has 4 amide bonds. The van der Waals surface area contributed by atoms with Crippen LogP contribution in [-0.4, -0.2) is 72.8 Å². The number of likely N-dealkylation sites (tertiary alicyclic amines) is 1. The summed E-state index contributed by atoms with van der Waals surface area (Å²) >= 11 is 0. The number of rotatable bonds is 11. The summed E-state index contributed by atoms with van der Waals surface area (Å²) in [4.78, 5) is 67.8. The topological polar surface area (TPSA) is 134 Å². The molecule has 42 heavy (non-hydrogen) atoms. The van der Waals surface area contributed by atoms with Gasteiger partial charge in [-0.25, -0.2) is 4.79 Å². The van der Waals surface area contributed by atoms with Gasteiger partial charge < -0.3 is 25.6 Å². The van der Waals surface area contributed by atoms with E-state index in [1.54, 1.807) is 4.90 Å². The van der Waals surface area contributed by atoms with Crippen molar-refractivity contribution in [3.8, 4) is 0 Å². The van der Waals surface area contributed by atoms with Crippen molar-refractivity contribution in [3.63, 3.8) is 0 Å². The van der Waals surface area contributed by atoms with Crippen molar-refractivity contribution in [2.75, 3.05) is 20.2 Å². The summed E-state index contributed by atoms with van der Waals surface area (Å²) in [5.41, 5.74) is 2.15. The molecule has 1 aromatic carbocycles. The summed E-state index contributed by atoms with van der Waals surface area (Å²) in [7, 11) is 1.39. The van der Waals surface area contributed by atoms with Gasteiger partial charge in [0.25, 0.3) is 5.91 Å². The predicted octanol–water partition coefficient (Wildman–Crippen LogP) is 2.24. The molecule has 3 unspecified atom stereocenters. The molecule has 0 bridgehead atoms. The third-order valence-corrected chi connectivity index (χ3v) is 9.75. The van der Waals surface area contributed by atoms with E-state index in [2.05, 4.69) is 29.8 Å². The standard InChI is InChI=1S/C32H44N4O6/c1-17(2)16-42-31(41)35-25(21-13-19-8-6-7-9-20(19)14-21)30(40)36-15-22-24(32(22,3)4)26(36)28(38)34-23(12-18-10-11-18)27(37)29(39)33-5/h6-9,17-18,21-26H,10-16H2,1-5H3,(H,33,39)(H,34,38)(H,35,41)/t22?,23?,24?,25-,26-/m0/s1. The van der Waals surface area contributed by atoms with Gasteiger partial charge in [0, 0.05) is 13.6 Å². The minimum Gasteiger partial charge on any atom is -0.449 e. The highest BCUT2D eigenvalue weighted by Crippen LogP contribution is 2.65. The largest absolute Gasteiger partial charge is 0.449 e. The molecule has 10 heteroatoms. The number of nitrogens with zero attached hydrogens (tertiary/aromatic N) is 1. The fourth-order valence-corrected chi connectivity index (χ4v) is 7.07. The average Bonchev–Trinajstić information content (AvgIpc) is 3.71. The summed E-state index contributed by atoms with van der Waals surface area (Å²) in [6.45, 7) is 8.69. The number of ketones is 1. The predicted molar refractivity (Wildman–Crippen MR) is 155 cm³/mol. The van der Waals surface area contributed by atoms with Crippen LogP contribution in [-0.2, 0) is 36.8 Å². The number of fused-ring (bicyclic) bond motifs is 2. The average molecular weight is 581 g/mol. The van der Waals surface area contributed by atoms with Crippen LogP contribution in [0.5, 0.6) is 0 Å². The highest BCUT2D eigenvalue weighted by atomic mass is 16.5. The Morgan fingerprint density at radius 2 is 1.67 bits per heavy atom. The monoisotopic (exact) mass is 580 g/mol. The van der Waals surface area contributed by atoms with Gasteiger partial charge in [0.2, 0.25) is 17.6 Å². The first-order chi connectivity index (χ1) is 19.9. The van der Waals surface area contributed by atoms with Gasteiger partial charge in [-0.1, -0.05) is 64.8 Å². The summed E-state index contributed by atoms with van der Waals surface area (Å²) in [6.07, 6.45) is 2.94. The van der Waals surface area contributed by atoms with Gasteiger partial charge in [0.1, 0.15) is 12.1 Å². The van der Waals surface area contributed by atoms with E-state index >= 15 is 0 Å². The van der Waals surface area contributed by atoms with Crippen molar-refractivity contribution in [2.24, 2.45) is 35.0 Å². The number of ether oxygens (including phenoxy) is 1. The van der Waals surface area contributed by atoms with Crippen LogP contribution in [0.15, 0.2) is 24.3 Å². The van der Waals surface area contributed by atoms with Crippen molar-refractivity contribution in [1.82, 2.24) is 20.9 Å². The second-order valence-electron chi connectivity index (χ2n) is 13.6. The van der Waals surface area contributed by atoms with Crippen molar-refractivity contribution in [3.05, 3.63) is 35.4 Å². The zero-order valence-corrected chi connectivity index (χ0v) is 25.3. The SMILES string of the molecule is CNC(=O)C(=O)C(CC1CC1)NC(=O)[C@@H]1C2C(CN1C(=O)[C@@H](NC(=O)OCC(C)C)C1Cc3ccccc3C1)C2(C)C. The van der Waals surface area contributed by atoms with Crippen LogP contribution in [0.1, 0.15) is 58.1 Å². The number of benzene rings is 1. The molecule has 10 nitrogen and oxygen atoms in total. The fraction of sp³-hybridized carbons (Fsp3) is 0.656. The molecular weight excluding hydrogens is 536 g/mol. The molecule has 5 rings (SSSR count). The van der Waals surface area contributed by atoms with Crippen LogP contribution in [0.3, 0.4) is 0 Å². The van der Waals surface area contributed by atoms with E-state index in [9.17, 15) is 24.0 Å². The summed E-state index contributed by atoms with van der Waals surface area (Å²) in [6, 6.07) is 5.42. The van der Waals surface area contributed by atoms with E-state index < -0.39 is 41.8 Å². The maximum atomic E-state index is 14.4. The number of nitrogens with one attached hydrogen (secondary N) is 3. The molecule has 4 aliphatic rings. The third kappa shape index (κ3) is 6.03. The van der Waals surface area contributed by atoms with Gasteiger partial charge in [0.05, 0.1) is 12.6 Å². The van der Waals surface area contributed by atoms with Crippen molar-refractivity contribution in [2.45, 2.75) is 77.9 Å². The second-order valence-corrected chi connectivity index (χ2v) is 13.6. The Bertz CT molecular complexity index is 1230. The van der Waals surface area contributed by atoms with Gasteiger partial charge in [-0.05, 0) is 65.4 Å². The third-order valence-electron chi connectivity index (χ3n) is 9.75. The zero-order valence-electron chi connectivity index (χ0n) is 25.3. The number of carbonyl (C=O) groups excluding carboxylic acids is 5. The van der Waals surface area contributed by atoms with Crippen LogP contribution in [0, 0.1) is 35.0 Å². The first-order valence-electron chi connectivity index (χ1n) is 15.3. The molecule has 1 aliphatic heterocycles. The molecule has 1 aromatic rings. The smallest absolute Gasteiger partial charge is 0.407 e. The van der Waals surface area contributed by atoms with Crippen LogP contribution in [0.25, 0.3) is 0 Å². The van der Waals surface area contributed by atoms with E-state index in [0.29, 0.717) is 31.7 Å². The van der Waals surface area contributed by atoms with Gasteiger partial charge in [-0.2, -0.15) is 0 Å². The number of likely N-dealkylation sites (N-methyl/N-ethyl adjacent to an activating group) is 1. The second kappa shape index (κ2) is 11.7. The van der Waals surface area contributed by atoms with Crippen LogP contribution in [0.2, 0.25) is 0 Å². The summed E-state index contributed by atoms with van der Waals surface area (Å²) in [5.74, 6) is -1.84. The number of hydrogen-bond acceptors (Lipinski definition) is 6. The highest BCUT2D eigenvalue weighted by Gasteiger charge is 2.69. The van der Waals surface area contributed by atoms with Crippen molar-refractivity contribution >= 4 is 29.6 Å². The minimum atomic E-state index is -0.938. The number of hydrogen-bond donors (Lipinski definition) is 3. The van der Waals surface area contributed by atoms with Crippen LogP contribution in [0.4, 0.5) is 4.79 Å². The molecule has 0 spiro atoms. The Labute approximate surface area is 247 Å². The lowest BCUT2D eigenvalue weighted by molar-refractivity contribution is -0.144. The molecule has 3 aliphatic carbocycles. The lowest BCUT2D eigenvalue weighted by Gasteiger charge is -2.35. The molecule has 1 heterocycles. The quantitative estimate of drug-likeness (QED) is 0.344. The van der Waals surface area contributed by atoms with Crippen LogP contribution >= 0.6 is 0 Å². The van der Waals surface area contributed by atoms with Gasteiger partial charge >= 0.3 is 6.09 Å². The van der Waals surface area contributed by atoms with E-state index in [1.165, 1.54) is 7.05 Å². The minimum absolute atomic E-state index is 0.0764. The Hall–Kier alpha value is -3.43. The number of carbonyl (C=O) groups is 5. The van der Waals surface area contributed by atoms with E-state index in [1.807, 2.05) is 38.1 Å². The first kappa shape index (κ1) is 30.0. The van der Waals surface area contributed by atoms with E-state index in [4.69, 9.17) is 4.74 Å². The van der Waals surface area contributed by atoms with E-state index in [0.717, 1.165) is 24.0 Å². The molecule has 3 fully saturated rings. The number of Topliss-reactive ketones (excluding diaryl/α,β-unsaturated/α-hetero) is 1. The maximum absolute atomic E-state index is 14.4. The molecule has 3 N–H and O–H groups in total. The normalized spacial score (nSPS) is 25.2. The fourth-order valence-electron chi connectivity index (χ4n) is 7.07. The molecule has 5 atom stereocenters. The Balaban J connectivity index is 1.38. The number of piperidine rings is 1. The zero-order chi connectivity index (χ0) is 30.3. The maximum Gasteiger partial charge on any atom is 0.407 e. The summed E-state index contributed by atoms with van der Waals surface area (Å²) in [5, 5.41) is 8.10. The van der Waals surface area contributed by atoms with E-state index in [-0.39, 0.29) is 41.6 Å². The van der Waals surface area contributed by atoms with Gasteiger partial charge in [0.15, 0.2) is 0 Å². The Kier molecular flexibility index (Phi) is 8.36. The Morgan fingerprint density at radius 3 is 2.24 bits per heavy atom. The molecule has 0 aromatic heterocycles. The van der Waals surface area contributed by atoms with Gasteiger partial charge in [-0.15, -0.1) is 0 Å². The van der Waals surface area contributed by atoms with Gasteiger partial charge in [-0.3, -0.25) is 19.2 Å². The molecule has 228 valence electrons. The molecule has 2 saturated carbocycles. The number of amides is 4. The Morgan fingerprint density at radius 1 is 1.02 bits per heavy atom. The first-order valence-corrected chi connectivity index (χ1v) is 15.3. The van der Waals surface area contributed by atoms with Crippen molar-refractivity contribution < 1.29 is 28.7 Å². The molecular formula is C32H44N4O6. The highest BCUT2D eigenvalue weighted by molar-refractivity contribution is 6.38. The lowest BCUT2D eigenvalue weighted by Crippen LogP contribution is -2.59. The lowest BCUT2D eigenvalue weighted by atomic mass is 9.93. The molecule has 0 radical (unpaired) electrons. The number of alkyl carbamates (subject to hydrolysis) is 1.